The molecular weight excluding hydrogens is 254 g/mol. The lowest BCUT2D eigenvalue weighted by Crippen LogP contribution is -2.12. The summed E-state index contributed by atoms with van der Waals surface area (Å²) in [5.74, 6) is 0.132. The lowest BCUT2D eigenvalue weighted by molar-refractivity contribution is 0.177. The summed E-state index contributed by atoms with van der Waals surface area (Å²) >= 11 is 6.55. The van der Waals surface area contributed by atoms with Crippen LogP contribution in [-0.4, -0.2) is 23.9 Å². The van der Waals surface area contributed by atoms with Gasteiger partial charge in [-0.15, -0.1) is 23.4 Å². The Morgan fingerprint density at radius 2 is 2.12 bits per heavy atom. The fourth-order valence-corrected chi connectivity index (χ4v) is 1.81. The first kappa shape index (κ1) is 13.3. The monoisotopic (exact) mass is 264 g/mol. The van der Waals surface area contributed by atoms with Gasteiger partial charge in [0.05, 0.1) is 17.3 Å². The standard InChI is InChI=1S/C10H11ClF2N2S/c11-5-10(14)15-7-3-1-2-4-8(7)16-6-9(12)13/h1-4,9H,5-6H2,(H2,14,15). The van der Waals surface area contributed by atoms with Crippen LogP contribution >= 0.6 is 23.4 Å². The number of amidine groups is 1. The molecule has 0 atom stereocenters. The molecule has 0 heterocycles. The Balaban J connectivity index is 2.83. The van der Waals surface area contributed by atoms with Crippen molar-refractivity contribution in [3.63, 3.8) is 0 Å². The van der Waals surface area contributed by atoms with E-state index in [1.807, 2.05) is 0 Å². The third-order valence-corrected chi connectivity index (χ3v) is 2.98. The molecule has 1 rings (SSSR count). The van der Waals surface area contributed by atoms with E-state index in [-0.39, 0.29) is 17.5 Å². The normalized spacial score (nSPS) is 12.1. The molecule has 2 N–H and O–H groups in total. The number of halogens is 3. The van der Waals surface area contributed by atoms with Gasteiger partial charge < -0.3 is 5.73 Å². The Hall–Kier alpha value is -0.810. The average molecular weight is 265 g/mol. The zero-order chi connectivity index (χ0) is 12.0. The number of benzene rings is 1. The van der Waals surface area contributed by atoms with Crippen LogP contribution in [0, 0.1) is 0 Å². The van der Waals surface area contributed by atoms with Gasteiger partial charge in [0.15, 0.2) is 0 Å². The Bertz CT molecular complexity index is 372. The molecule has 0 spiro atoms. The van der Waals surface area contributed by atoms with Gasteiger partial charge in [0.25, 0.3) is 0 Å². The molecule has 2 nitrogen and oxygen atoms in total. The second-order valence-electron chi connectivity index (χ2n) is 2.91. The minimum atomic E-state index is -2.34. The van der Waals surface area contributed by atoms with Gasteiger partial charge in [-0.1, -0.05) is 12.1 Å². The minimum Gasteiger partial charge on any atom is -0.386 e. The summed E-state index contributed by atoms with van der Waals surface area (Å²) in [7, 11) is 0. The fourth-order valence-electron chi connectivity index (χ4n) is 1.01. The highest BCUT2D eigenvalue weighted by molar-refractivity contribution is 7.99. The second kappa shape index (κ2) is 6.70. The molecule has 0 fully saturated rings. The molecule has 0 saturated heterocycles. The van der Waals surface area contributed by atoms with Crippen molar-refractivity contribution in [1.29, 1.82) is 0 Å². The first-order valence-corrected chi connectivity index (χ1v) is 6.04. The number of thioether (sulfide) groups is 1. The van der Waals surface area contributed by atoms with Crippen LogP contribution in [0.1, 0.15) is 0 Å². The zero-order valence-corrected chi connectivity index (χ0v) is 9.94. The van der Waals surface area contributed by atoms with Crippen LogP contribution < -0.4 is 5.73 Å². The van der Waals surface area contributed by atoms with E-state index in [2.05, 4.69) is 4.99 Å². The predicted octanol–water partition coefficient (Wildman–Crippen LogP) is 3.27. The number of rotatable bonds is 5. The van der Waals surface area contributed by atoms with Crippen LogP contribution in [-0.2, 0) is 0 Å². The van der Waals surface area contributed by atoms with Gasteiger partial charge in [0, 0.05) is 4.90 Å². The van der Waals surface area contributed by atoms with Gasteiger partial charge in [-0.25, -0.2) is 13.8 Å². The van der Waals surface area contributed by atoms with Gasteiger partial charge >= 0.3 is 0 Å². The first-order chi connectivity index (χ1) is 7.63. The maximum atomic E-state index is 12.1. The summed E-state index contributed by atoms with van der Waals surface area (Å²) in [6.45, 7) is 0. The molecule has 0 radical (unpaired) electrons. The lowest BCUT2D eigenvalue weighted by Gasteiger charge is -2.05. The van der Waals surface area contributed by atoms with E-state index in [0.29, 0.717) is 10.6 Å². The minimum absolute atomic E-state index is 0.119. The summed E-state index contributed by atoms with van der Waals surface area (Å²) in [5.41, 5.74) is 6.07. The number of aliphatic imine (C=N–C) groups is 1. The molecule has 1 aromatic carbocycles. The van der Waals surface area contributed by atoms with E-state index in [1.54, 1.807) is 24.3 Å². The van der Waals surface area contributed by atoms with Crippen molar-refractivity contribution < 1.29 is 8.78 Å². The van der Waals surface area contributed by atoms with E-state index in [9.17, 15) is 8.78 Å². The Morgan fingerprint density at radius 1 is 1.44 bits per heavy atom. The molecular formula is C10H11ClF2N2S. The van der Waals surface area contributed by atoms with Crippen molar-refractivity contribution in [2.24, 2.45) is 10.7 Å². The highest BCUT2D eigenvalue weighted by atomic mass is 35.5. The number of nitrogens with two attached hydrogens (primary N) is 1. The quantitative estimate of drug-likeness (QED) is 0.384. The van der Waals surface area contributed by atoms with Gasteiger partial charge in [-0.2, -0.15) is 0 Å². The van der Waals surface area contributed by atoms with Crippen LogP contribution in [0.4, 0.5) is 14.5 Å². The molecule has 0 unspecified atom stereocenters. The first-order valence-electron chi connectivity index (χ1n) is 4.52. The summed E-state index contributed by atoms with van der Waals surface area (Å²) in [5, 5.41) is 0. The smallest absolute Gasteiger partial charge is 0.247 e. The van der Waals surface area contributed by atoms with E-state index in [0.717, 1.165) is 11.8 Å². The number of para-hydroxylation sites is 1. The zero-order valence-electron chi connectivity index (χ0n) is 8.37. The summed E-state index contributed by atoms with van der Waals surface area (Å²) in [4.78, 5) is 4.73. The summed E-state index contributed by atoms with van der Waals surface area (Å²) in [6, 6.07) is 6.98. The van der Waals surface area contributed by atoms with E-state index in [4.69, 9.17) is 17.3 Å². The van der Waals surface area contributed by atoms with Crippen LogP contribution in [0.15, 0.2) is 34.2 Å². The highest BCUT2D eigenvalue weighted by Gasteiger charge is 2.07. The van der Waals surface area contributed by atoms with Crippen molar-refractivity contribution in [2.45, 2.75) is 11.3 Å². The Kier molecular flexibility index (Phi) is 5.55. The van der Waals surface area contributed by atoms with E-state index in [1.165, 1.54) is 0 Å². The Labute approximate surface area is 102 Å². The largest absolute Gasteiger partial charge is 0.386 e. The second-order valence-corrected chi connectivity index (χ2v) is 4.24. The predicted molar refractivity (Wildman–Crippen MR) is 65.2 cm³/mol. The maximum absolute atomic E-state index is 12.1. The number of nitrogens with zero attached hydrogens (tertiary/aromatic N) is 1. The van der Waals surface area contributed by atoms with Gasteiger partial charge in [-0.3, -0.25) is 0 Å². The van der Waals surface area contributed by atoms with Gasteiger partial charge in [0.1, 0.15) is 5.84 Å². The SMILES string of the molecule is NC(CCl)=Nc1ccccc1SCC(F)F. The topological polar surface area (TPSA) is 38.4 Å². The number of alkyl halides is 3. The van der Waals surface area contributed by atoms with Crippen LogP contribution in [0.25, 0.3) is 0 Å². The van der Waals surface area contributed by atoms with Crippen LogP contribution in [0.3, 0.4) is 0 Å². The molecule has 1 aromatic rings. The van der Waals surface area contributed by atoms with Crippen LogP contribution in [0.5, 0.6) is 0 Å². The van der Waals surface area contributed by atoms with Crippen LogP contribution in [0.2, 0.25) is 0 Å². The molecule has 0 aromatic heterocycles. The Morgan fingerprint density at radius 3 is 2.75 bits per heavy atom. The van der Waals surface area contributed by atoms with E-state index < -0.39 is 6.43 Å². The number of hydrogen-bond acceptors (Lipinski definition) is 2. The van der Waals surface area contributed by atoms with E-state index >= 15 is 0 Å². The van der Waals surface area contributed by atoms with Crippen molar-refractivity contribution in [3.8, 4) is 0 Å². The number of hydrogen-bond donors (Lipinski definition) is 1. The highest BCUT2D eigenvalue weighted by Crippen LogP contribution is 2.30. The molecule has 0 saturated carbocycles. The van der Waals surface area contributed by atoms with Crippen molar-refractivity contribution >= 4 is 34.9 Å². The fraction of sp³-hybridized carbons (Fsp3) is 0.300. The average Bonchev–Trinajstić information content (AvgIpc) is 2.27. The van der Waals surface area contributed by atoms with Gasteiger partial charge in [-0.05, 0) is 12.1 Å². The molecule has 6 heteroatoms. The third-order valence-electron chi connectivity index (χ3n) is 1.63. The molecule has 0 aliphatic rings. The maximum Gasteiger partial charge on any atom is 0.247 e. The molecule has 0 aliphatic carbocycles. The lowest BCUT2D eigenvalue weighted by atomic mass is 10.3. The summed E-state index contributed by atoms with van der Waals surface area (Å²) < 4.78 is 24.2. The van der Waals surface area contributed by atoms with Gasteiger partial charge in [0.2, 0.25) is 6.43 Å². The summed E-state index contributed by atoms with van der Waals surface area (Å²) in [6.07, 6.45) is -2.34. The van der Waals surface area contributed by atoms with Crippen molar-refractivity contribution in [3.05, 3.63) is 24.3 Å². The molecule has 16 heavy (non-hydrogen) atoms. The molecule has 88 valence electrons. The molecule has 0 aliphatic heterocycles. The molecule has 0 bridgehead atoms. The van der Waals surface area contributed by atoms with Crippen molar-refractivity contribution in [1.82, 2.24) is 0 Å². The van der Waals surface area contributed by atoms with Crippen molar-refractivity contribution in [2.75, 3.05) is 11.6 Å². The third kappa shape index (κ3) is 4.37. The molecule has 0 amide bonds.